The highest BCUT2D eigenvalue weighted by molar-refractivity contribution is 5.31. The summed E-state index contributed by atoms with van der Waals surface area (Å²) in [6, 6.07) is 0. The zero-order chi connectivity index (χ0) is 9.88. The maximum atomic E-state index is 4.61. The molecule has 2 N–H and O–H groups in total. The van der Waals surface area contributed by atoms with Crippen molar-refractivity contribution in [2.75, 3.05) is 6.54 Å². The van der Waals surface area contributed by atoms with Crippen molar-refractivity contribution in [3.8, 4) is 0 Å². The number of nitrogens with zero attached hydrogens (tertiary/aromatic N) is 1. The van der Waals surface area contributed by atoms with Crippen LogP contribution in [0.4, 0.5) is 0 Å². The fourth-order valence-electron chi connectivity index (χ4n) is 3.43. The van der Waals surface area contributed by atoms with Crippen LogP contribution in [0.25, 0.3) is 0 Å². The first-order valence-electron chi connectivity index (χ1n) is 6.19. The van der Waals surface area contributed by atoms with Gasteiger partial charge >= 0.3 is 0 Å². The van der Waals surface area contributed by atoms with Crippen LogP contribution in [0.1, 0.15) is 37.1 Å². The maximum Gasteiger partial charge on any atom is 0.0926 e. The zero-order valence-electron chi connectivity index (χ0n) is 8.92. The average Bonchev–Trinajstić information content (AvgIpc) is 3.13. The highest BCUT2D eigenvalue weighted by Crippen LogP contribution is 2.58. The van der Waals surface area contributed by atoms with Gasteiger partial charge in [-0.3, -0.25) is 0 Å². The zero-order valence-corrected chi connectivity index (χ0v) is 8.92. The molecule has 0 bridgehead atoms. The molecule has 2 fully saturated rings. The lowest BCUT2D eigenvalue weighted by atomic mass is 9.80. The second-order valence-electron chi connectivity index (χ2n) is 5.32. The number of fused-ring (bicyclic) bond motifs is 1. The molecule has 0 saturated heterocycles. The van der Waals surface area contributed by atoms with E-state index in [0.717, 1.165) is 24.8 Å². The lowest BCUT2D eigenvalue weighted by Gasteiger charge is -2.38. The summed E-state index contributed by atoms with van der Waals surface area (Å²) in [6.45, 7) is 1.13. The molecule has 1 aromatic rings. The minimum atomic E-state index is 0.271. The van der Waals surface area contributed by atoms with Gasteiger partial charge in [-0.25, -0.2) is 4.98 Å². The summed E-state index contributed by atoms with van der Waals surface area (Å²) in [5.74, 6) is 1.74. The van der Waals surface area contributed by atoms with Gasteiger partial charge in [0.05, 0.1) is 17.6 Å². The van der Waals surface area contributed by atoms with Crippen LogP contribution in [0, 0.1) is 11.8 Å². The SMILES string of the molecule is c1nc2c([nH]1)CCNC2(C1CC1)C1CC1. The third-order valence-corrected chi connectivity index (χ3v) is 4.35. The van der Waals surface area contributed by atoms with Crippen molar-refractivity contribution >= 4 is 0 Å². The second-order valence-corrected chi connectivity index (χ2v) is 5.32. The Kier molecular flexibility index (Phi) is 1.47. The van der Waals surface area contributed by atoms with Crippen molar-refractivity contribution in [2.24, 2.45) is 11.8 Å². The molecule has 2 saturated carbocycles. The van der Waals surface area contributed by atoms with Crippen LogP contribution in [-0.4, -0.2) is 16.5 Å². The van der Waals surface area contributed by atoms with Gasteiger partial charge in [0.25, 0.3) is 0 Å². The highest BCUT2D eigenvalue weighted by Gasteiger charge is 2.57. The molecule has 2 aliphatic carbocycles. The quantitative estimate of drug-likeness (QED) is 0.766. The van der Waals surface area contributed by atoms with E-state index in [2.05, 4.69) is 15.3 Å². The standard InChI is InChI=1S/C12H17N3/c1-2-8(1)12(9-3-4-9)11-10(5-6-15-12)13-7-14-11/h7-9,15H,1-6H2,(H,13,14). The molecule has 0 spiro atoms. The van der Waals surface area contributed by atoms with E-state index in [4.69, 9.17) is 0 Å². The van der Waals surface area contributed by atoms with Crippen LogP contribution < -0.4 is 5.32 Å². The second kappa shape index (κ2) is 2.64. The van der Waals surface area contributed by atoms with Crippen LogP contribution in [-0.2, 0) is 12.0 Å². The normalized spacial score (nSPS) is 28.8. The van der Waals surface area contributed by atoms with Crippen molar-refractivity contribution < 1.29 is 0 Å². The molecule has 3 nitrogen and oxygen atoms in total. The molecule has 80 valence electrons. The van der Waals surface area contributed by atoms with E-state index >= 15 is 0 Å². The number of rotatable bonds is 2. The summed E-state index contributed by atoms with van der Waals surface area (Å²) >= 11 is 0. The molecule has 2 heterocycles. The fraction of sp³-hybridized carbons (Fsp3) is 0.750. The molecule has 4 rings (SSSR count). The Labute approximate surface area is 89.7 Å². The van der Waals surface area contributed by atoms with Crippen LogP contribution in [0.2, 0.25) is 0 Å². The summed E-state index contributed by atoms with van der Waals surface area (Å²) in [7, 11) is 0. The summed E-state index contributed by atoms with van der Waals surface area (Å²) in [5, 5.41) is 3.82. The molecule has 0 radical (unpaired) electrons. The summed E-state index contributed by atoms with van der Waals surface area (Å²) in [6.07, 6.45) is 8.60. The first-order valence-corrected chi connectivity index (χ1v) is 6.19. The first kappa shape index (κ1) is 8.34. The van der Waals surface area contributed by atoms with Gasteiger partial charge in [0, 0.05) is 18.7 Å². The minimum absolute atomic E-state index is 0.271. The minimum Gasteiger partial charge on any atom is -0.348 e. The Morgan fingerprint density at radius 3 is 2.60 bits per heavy atom. The van der Waals surface area contributed by atoms with Gasteiger partial charge in [-0.1, -0.05) is 0 Å². The van der Waals surface area contributed by atoms with Gasteiger partial charge in [-0.15, -0.1) is 0 Å². The van der Waals surface area contributed by atoms with Gasteiger partial charge in [0.1, 0.15) is 0 Å². The predicted octanol–water partition coefficient (Wildman–Crippen LogP) is 1.57. The Balaban J connectivity index is 1.86. The highest BCUT2D eigenvalue weighted by atomic mass is 15.1. The van der Waals surface area contributed by atoms with Crippen molar-refractivity contribution in [3.63, 3.8) is 0 Å². The lowest BCUT2D eigenvalue weighted by Crippen LogP contribution is -2.51. The molecule has 1 aromatic heterocycles. The van der Waals surface area contributed by atoms with Gasteiger partial charge < -0.3 is 10.3 Å². The lowest BCUT2D eigenvalue weighted by molar-refractivity contribution is 0.225. The van der Waals surface area contributed by atoms with E-state index < -0.39 is 0 Å². The molecule has 0 amide bonds. The van der Waals surface area contributed by atoms with E-state index in [0.29, 0.717) is 0 Å². The molecular weight excluding hydrogens is 186 g/mol. The molecule has 3 aliphatic rings. The molecule has 0 aromatic carbocycles. The number of aromatic nitrogens is 2. The molecule has 15 heavy (non-hydrogen) atoms. The van der Waals surface area contributed by atoms with Crippen LogP contribution >= 0.6 is 0 Å². The van der Waals surface area contributed by atoms with Gasteiger partial charge in [-0.2, -0.15) is 0 Å². The van der Waals surface area contributed by atoms with E-state index in [1.165, 1.54) is 37.1 Å². The molecule has 0 unspecified atom stereocenters. The van der Waals surface area contributed by atoms with Crippen LogP contribution in [0.15, 0.2) is 6.33 Å². The monoisotopic (exact) mass is 203 g/mol. The van der Waals surface area contributed by atoms with Gasteiger partial charge in [-0.05, 0) is 37.5 Å². The number of hydrogen-bond donors (Lipinski definition) is 2. The van der Waals surface area contributed by atoms with Gasteiger partial charge in [0.15, 0.2) is 0 Å². The van der Waals surface area contributed by atoms with E-state index in [9.17, 15) is 0 Å². The first-order chi connectivity index (χ1) is 7.41. The average molecular weight is 203 g/mol. The summed E-state index contributed by atoms with van der Waals surface area (Å²) in [5.41, 5.74) is 3.03. The Morgan fingerprint density at radius 1 is 1.20 bits per heavy atom. The van der Waals surface area contributed by atoms with Crippen molar-refractivity contribution in [1.82, 2.24) is 15.3 Å². The smallest absolute Gasteiger partial charge is 0.0926 e. The molecule has 0 atom stereocenters. The van der Waals surface area contributed by atoms with E-state index in [-0.39, 0.29) is 5.54 Å². The maximum absolute atomic E-state index is 4.61. The van der Waals surface area contributed by atoms with Crippen molar-refractivity contribution in [1.29, 1.82) is 0 Å². The molecule has 3 heteroatoms. The molecule has 1 aliphatic heterocycles. The number of nitrogens with one attached hydrogen (secondary N) is 2. The summed E-state index contributed by atoms with van der Waals surface area (Å²) < 4.78 is 0. The predicted molar refractivity (Wildman–Crippen MR) is 57.4 cm³/mol. The Bertz CT molecular complexity index is 375. The molecular formula is C12H17N3. The van der Waals surface area contributed by atoms with E-state index in [1.807, 2.05) is 6.33 Å². The van der Waals surface area contributed by atoms with Crippen LogP contribution in [0.3, 0.4) is 0 Å². The number of hydrogen-bond acceptors (Lipinski definition) is 2. The largest absolute Gasteiger partial charge is 0.348 e. The third-order valence-electron chi connectivity index (χ3n) is 4.35. The van der Waals surface area contributed by atoms with E-state index in [1.54, 1.807) is 0 Å². The van der Waals surface area contributed by atoms with Gasteiger partial charge in [0.2, 0.25) is 0 Å². The van der Waals surface area contributed by atoms with Crippen LogP contribution in [0.5, 0.6) is 0 Å². The topological polar surface area (TPSA) is 40.7 Å². The summed E-state index contributed by atoms with van der Waals surface area (Å²) in [4.78, 5) is 7.94. The Hall–Kier alpha value is -0.830. The third kappa shape index (κ3) is 1.02. The number of imidazole rings is 1. The fourth-order valence-corrected chi connectivity index (χ4v) is 3.43. The Morgan fingerprint density at radius 2 is 1.93 bits per heavy atom. The van der Waals surface area contributed by atoms with Crippen molar-refractivity contribution in [3.05, 3.63) is 17.7 Å². The number of H-pyrrole nitrogens is 1. The number of aromatic amines is 1. The van der Waals surface area contributed by atoms with Crippen molar-refractivity contribution in [2.45, 2.75) is 37.6 Å².